The zero-order chi connectivity index (χ0) is 24.3. The Morgan fingerprint density at radius 3 is 2.18 bits per heavy atom. The molecule has 2 amide bonds. The fraction of sp³-hybridized carbons (Fsp3) is 0.310. The topological polar surface area (TPSA) is 49.4 Å². The van der Waals surface area contributed by atoms with Crippen LogP contribution in [0.4, 0.5) is 0 Å². The van der Waals surface area contributed by atoms with Crippen molar-refractivity contribution >= 4 is 27.7 Å². The first-order valence-electron chi connectivity index (χ1n) is 11.9. The number of rotatable bonds is 11. The summed E-state index contributed by atoms with van der Waals surface area (Å²) < 4.78 is 0.950. The van der Waals surface area contributed by atoms with Crippen LogP contribution in [0.3, 0.4) is 0 Å². The van der Waals surface area contributed by atoms with Gasteiger partial charge in [0.05, 0.1) is 0 Å². The minimum absolute atomic E-state index is 0.0215. The van der Waals surface area contributed by atoms with Gasteiger partial charge in [0.2, 0.25) is 11.8 Å². The Hall–Kier alpha value is -2.92. The number of halogens is 1. The molecule has 0 aliphatic heterocycles. The minimum Gasteiger partial charge on any atom is -0.355 e. The first-order chi connectivity index (χ1) is 16.5. The SMILES string of the molecule is CCNC(=O)[C@@H](Cc1ccccc1)N(Cc1cccc(Br)c1)C(=O)CCc1ccc(CC)cc1. The normalized spacial score (nSPS) is 11.6. The van der Waals surface area contributed by atoms with Crippen LogP contribution in [0.2, 0.25) is 0 Å². The standard InChI is InChI=1S/C29H33BrN2O2/c1-3-22-13-15-23(16-14-22)17-18-28(33)32(21-25-11-8-12-26(30)19-25)27(29(34)31-4-2)20-24-9-6-5-7-10-24/h5-16,19,27H,3-4,17-18,20-21H2,1-2H3,(H,31,34)/t27-/m1/s1. The Morgan fingerprint density at radius 2 is 1.53 bits per heavy atom. The Labute approximate surface area is 211 Å². The van der Waals surface area contributed by atoms with Crippen molar-refractivity contribution in [2.45, 2.75) is 52.1 Å². The maximum atomic E-state index is 13.6. The average Bonchev–Trinajstić information content (AvgIpc) is 2.85. The fourth-order valence-corrected chi connectivity index (χ4v) is 4.46. The van der Waals surface area contributed by atoms with E-state index in [4.69, 9.17) is 0 Å². The van der Waals surface area contributed by atoms with E-state index in [1.807, 2.05) is 61.5 Å². The molecular formula is C29H33BrN2O2. The number of nitrogens with zero attached hydrogens (tertiary/aromatic N) is 1. The maximum Gasteiger partial charge on any atom is 0.243 e. The number of likely N-dealkylation sites (N-methyl/N-ethyl adjacent to an activating group) is 1. The third-order valence-corrected chi connectivity index (χ3v) is 6.42. The van der Waals surface area contributed by atoms with Crippen molar-refractivity contribution in [3.05, 3.63) is 106 Å². The first kappa shape index (κ1) is 25.7. The lowest BCUT2D eigenvalue weighted by Gasteiger charge is -2.31. The fourth-order valence-electron chi connectivity index (χ4n) is 4.01. The summed E-state index contributed by atoms with van der Waals surface area (Å²) in [5.41, 5.74) is 4.43. The Morgan fingerprint density at radius 1 is 0.853 bits per heavy atom. The molecule has 4 nitrogen and oxygen atoms in total. The van der Waals surface area contributed by atoms with Gasteiger partial charge < -0.3 is 10.2 Å². The third-order valence-electron chi connectivity index (χ3n) is 5.92. The molecule has 0 unspecified atom stereocenters. The zero-order valence-corrected chi connectivity index (χ0v) is 21.6. The van der Waals surface area contributed by atoms with E-state index in [2.05, 4.69) is 52.4 Å². The summed E-state index contributed by atoms with van der Waals surface area (Å²) in [6, 6.07) is 25.6. The van der Waals surface area contributed by atoms with Crippen LogP contribution in [0.5, 0.6) is 0 Å². The number of carbonyl (C=O) groups excluding carboxylic acids is 2. The maximum absolute atomic E-state index is 13.6. The molecule has 1 atom stereocenters. The van der Waals surface area contributed by atoms with E-state index in [-0.39, 0.29) is 11.8 Å². The van der Waals surface area contributed by atoms with Crippen LogP contribution in [0.25, 0.3) is 0 Å². The Balaban J connectivity index is 1.86. The number of hydrogen-bond acceptors (Lipinski definition) is 2. The third kappa shape index (κ3) is 7.56. The second kappa shape index (κ2) is 13.1. The van der Waals surface area contributed by atoms with Crippen LogP contribution in [-0.4, -0.2) is 29.3 Å². The first-order valence-corrected chi connectivity index (χ1v) is 12.7. The number of carbonyl (C=O) groups is 2. The molecule has 34 heavy (non-hydrogen) atoms. The molecule has 0 aliphatic rings. The highest BCUT2D eigenvalue weighted by atomic mass is 79.9. The average molecular weight is 521 g/mol. The molecule has 0 radical (unpaired) electrons. The van der Waals surface area contributed by atoms with E-state index >= 15 is 0 Å². The number of benzene rings is 3. The molecule has 3 aromatic carbocycles. The van der Waals surface area contributed by atoms with Crippen molar-refractivity contribution in [3.8, 4) is 0 Å². The highest BCUT2D eigenvalue weighted by Crippen LogP contribution is 2.19. The van der Waals surface area contributed by atoms with Gasteiger partial charge in [-0.05, 0) is 54.2 Å². The van der Waals surface area contributed by atoms with E-state index in [1.165, 1.54) is 5.56 Å². The van der Waals surface area contributed by atoms with Gasteiger partial charge in [-0.2, -0.15) is 0 Å². The number of aryl methyl sites for hydroxylation is 2. The van der Waals surface area contributed by atoms with Gasteiger partial charge in [0.1, 0.15) is 6.04 Å². The second-order valence-corrected chi connectivity index (χ2v) is 9.34. The molecule has 178 valence electrons. The summed E-state index contributed by atoms with van der Waals surface area (Å²) in [5, 5.41) is 2.94. The summed E-state index contributed by atoms with van der Waals surface area (Å²) in [6.45, 7) is 4.93. The molecule has 0 fully saturated rings. The smallest absolute Gasteiger partial charge is 0.243 e. The van der Waals surface area contributed by atoms with Crippen LogP contribution < -0.4 is 5.32 Å². The predicted octanol–water partition coefficient (Wildman–Crippen LogP) is 5.72. The summed E-state index contributed by atoms with van der Waals surface area (Å²) in [7, 11) is 0. The molecule has 0 heterocycles. The minimum atomic E-state index is -0.587. The van der Waals surface area contributed by atoms with Gasteiger partial charge >= 0.3 is 0 Å². The molecule has 5 heteroatoms. The number of nitrogens with one attached hydrogen (secondary N) is 1. The lowest BCUT2D eigenvalue weighted by Crippen LogP contribution is -2.50. The van der Waals surface area contributed by atoms with Gasteiger partial charge in [0.15, 0.2) is 0 Å². The molecule has 0 aromatic heterocycles. The summed E-state index contributed by atoms with van der Waals surface area (Å²) in [6.07, 6.45) is 2.46. The summed E-state index contributed by atoms with van der Waals surface area (Å²) in [5.74, 6) is -0.145. The predicted molar refractivity (Wildman–Crippen MR) is 141 cm³/mol. The number of hydrogen-bond donors (Lipinski definition) is 1. The van der Waals surface area contributed by atoms with E-state index < -0.39 is 6.04 Å². The van der Waals surface area contributed by atoms with Crippen LogP contribution in [0.15, 0.2) is 83.3 Å². The van der Waals surface area contributed by atoms with Crippen molar-refractivity contribution in [2.24, 2.45) is 0 Å². The van der Waals surface area contributed by atoms with Gasteiger partial charge in [0.25, 0.3) is 0 Å². The van der Waals surface area contributed by atoms with E-state index in [1.54, 1.807) is 4.90 Å². The molecule has 0 spiro atoms. The zero-order valence-electron chi connectivity index (χ0n) is 20.0. The molecule has 0 saturated heterocycles. The van der Waals surface area contributed by atoms with E-state index in [9.17, 15) is 9.59 Å². The lowest BCUT2D eigenvalue weighted by atomic mass is 10.0. The van der Waals surface area contributed by atoms with E-state index in [0.717, 1.165) is 27.6 Å². The number of amides is 2. The van der Waals surface area contributed by atoms with Crippen molar-refractivity contribution < 1.29 is 9.59 Å². The van der Waals surface area contributed by atoms with Gasteiger partial charge in [-0.15, -0.1) is 0 Å². The van der Waals surface area contributed by atoms with Gasteiger partial charge in [-0.25, -0.2) is 0 Å². The Bertz CT molecular complexity index is 1070. The molecule has 1 N–H and O–H groups in total. The van der Waals surface area contributed by atoms with Gasteiger partial charge in [-0.3, -0.25) is 9.59 Å². The molecule has 0 saturated carbocycles. The van der Waals surface area contributed by atoms with Crippen LogP contribution in [-0.2, 0) is 35.4 Å². The van der Waals surface area contributed by atoms with Crippen molar-refractivity contribution in [2.75, 3.05) is 6.54 Å². The summed E-state index contributed by atoms with van der Waals surface area (Å²) in [4.78, 5) is 28.5. The largest absolute Gasteiger partial charge is 0.355 e. The molecule has 0 bridgehead atoms. The van der Waals surface area contributed by atoms with Crippen molar-refractivity contribution in [1.82, 2.24) is 10.2 Å². The van der Waals surface area contributed by atoms with Crippen LogP contribution in [0.1, 0.15) is 42.5 Å². The highest BCUT2D eigenvalue weighted by molar-refractivity contribution is 9.10. The molecular weight excluding hydrogens is 488 g/mol. The van der Waals surface area contributed by atoms with Crippen LogP contribution >= 0.6 is 15.9 Å². The highest BCUT2D eigenvalue weighted by Gasteiger charge is 2.29. The summed E-state index contributed by atoms with van der Waals surface area (Å²) >= 11 is 3.52. The monoisotopic (exact) mass is 520 g/mol. The van der Waals surface area contributed by atoms with Gasteiger partial charge in [0, 0.05) is 30.4 Å². The van der Waals surface area contributed by atoms with Crippen molar-refractivity contribution in [1.29, 1.82) is 0 Å². The molecule has 0 aliphatic carbocycles. The van der Waals surface area contributed by atoms with Gasteiger partial charge in [-0.1, -0.05) is 89.6 Å². The van der Waals surface area contributed by atoms with E-state index in [0.29, 0.717) is 32.4 Å². The second-order valence-electron chi connectivity index (χ2n) is 8.42. The lowest BCUT2D eigenvalue weighted by molar-refractivity contribution is -0.141. The Kier molecular flexibility index (Phi) is 9.89. The molecule has 3 aromatic rings. The van der Waals surface area contributed by atoms with Crippen LogP contribution in [0, 0.1) is 0 Å². The quantitative estimate of drug-likeness (QED) is 0.351. The van der Waals surface area contributed by atoms with Crippen molar-refractivity contribution in [3.63, 3.8) is 0 Å². The molecule has 3 rings (SSSR count).